The number of hydrogen-bond acceptors (Lipinski definition) is 1. The van der Waals surface area contributed by atoms with Crippen LogP contribution in [0, 0.1) is 5.77 Å². The van der Waals surface area contributed by atoms with Crippen molar-refractivity contribution in [1.82, 2.24) is 0 Å². The lowest BCUT2D eigenvalue weighted by molar-refractivity contribution is 1.14. The molecule has 0 aromatic carbocycles. The van der Waals surface area contributed by atoms with E-state index in [-0.39, 0.29) is 0 Å². The van der Waals surface area contributed by atoms with E-state index in [4.69, 9.17) is 0 Å². The van der Waals surface area contributed by atoms with Crippen LogP contribution in [0.4, 0.5) is 0 Å². The molecule has 9 heavy (non-hydrogen) atoms. The van der Waals surface area contributed by atoms with Gasteiger partial charge in [-0.2, -0.15) is 0 Å². The van der Waals surface area contributed by atoms with Crippen molar-refractivity contribution in [2.75, 3.05) is 0 Å². The molecule has 1 aromatic heterocycles. The maximum atomic E-state index is 2.39. The first-order valence-electron chi connectivity index (χ1n) is 2.67. The molecule has 0 aliphatic carbocycles. The SMILES string of the molecule is CCc1cc(I)sc1I. The Balaban J connectivity index is 3.01. The lowest BCUT2D eigenvalue weighted by atomic mass is 10.3. The predicted molar refractivity (Wildman–Crippen MR) is 59.1 cm³/mol. The van der Waals surface area contributed by atoms with E-state index in [0.717, 1.165) is 6.42 Å². The van der Waals surface area contributed by atoms with Gasteiger partial charge in [-0.25, -0.2) is 0 Å². The molecule has 0 spiro atoms. The molecular formula is C6H6I2S. The first kappa shape index (κ1) is 8.26. The highest BCUT2D eigenvalue weighted by atomic mass is 127. The van der Waals surface area contributed by atoms with Gasteiger partial charge in [0.2, 0.25) is 0 Å². The standard InChI is InChI=1S/C6H6I2S/c1-2-4-3-5(7)9-6(4)8/h3H,2H2,1H3. The summed E-state index contributed by atoms with van der Waals surface area (Å²) < 4.78 is 2.84. The van der Waals surface area contributed by atoms with Crippen molar-refractivity contribution < 1.29 is 0 Å². The Morgan fingerprint density at radius 2 is 2.22 bits per heavy atom. The second-order valence-corrected chi connectivity index (χ2v) is 6.46. The maximum Gasteiger partial charge on any atom is 0.0696 e. The number of hydrogen-bond donors (Lipinski definition) is 0. The maximum absolute atomic E-state index is 2.39. The van der Waals surface area contributed by atoms with E-state index in [0.29, 0.717) is 0 Å². The van der Waals surface area contributed by atoms with E-state index in [1.165, 1.54) is 11.3 Å². The molecule has 0 radical (unpaired) electrons. The fourth-order valence-corrected chi connectivity index (χ4v) is 4.87. The molecule has 0 aliphatic rings. The number of thiophene rings is 1. The summed E-state index contributed by atoms with van der Waals surface area (Å²) in [6.45, 7) is 2.19. The Hall–Kier alpha value is 1.16. The Bertz CT molecular complexity index is 205. The molecule has 0 saturated carbocycles. The molecule has 0 unspecified atom stereocenters. The minimum atomic E-state index is 1.16. The van der Waals surface area contributed by atoms with Gasteiger partial charge in [0.15, 0.2) is 0 Å². The molecule has 0 amide bonds. The van der Waals surface area contributed by atoms with E-state index in [2.05, 4.69) is 58.2 Å². The molecule has 0 saturated heterocycles. The van der Waals surface area contributed by atoms with E-state index in [1.807, 2.05) is 11.3 Å². The number of aryl methyl sites for hydroxylation is 1. The second kappa shape index (κ2) is 3.52. The molecule has 0 N–H and O–H groups in total. The van der Waals surface area contributed by atoms with Crippen LogP contribution in [0.3, 0.4) is 0 Å². The third kappa shape index (κ3) is 2.04. The molecule has 0 bridgehead atoms. The second-order valence-electron chi connectivity index (χ2n) is 1.70. The molecule has 0 aliphatic heterocycles. The third-order valence-electron chi connectivity index (χ3n) is 1.11. The van der Waals surface area contributed by atoms with Gasteiger partial charge < -0.3 is 0 Å². The molecule has 3 heteroatoms. The van der Waals surface area contributed by atoms with Crippen LogP contribution in [0.25, 0.3) is 0 Å². The molecular weight excluding hydrogens is 358 g/mol. The van der Waals surface area contributed by atoms with Gasteiger partial charge in [0.05, 0.1) is 5.77 Å². The zero-order valence-electron chi connectivity index (χ0n) is 4.95. The Morgan fingerprint density at radius 3 is 2.44 bits per heavy atom. The largest absolute Gasteiger partial charge is 0.123 e. The van der Waals surface area contributed by atoms with Crippen molar-refractivity contribution in [2.45, 2.75) is 13.3 Å². The summed E-state index contributed by atoms with van der Waals surface area (Å²) in [6.07, 6.45) is 1.16. The summed E-state index contributed by atoms with van der Waals surface area (Å²) in [5, 5.41) is 0. The van der Waals surface area contributed by atoms with Crippen LogP contribution in [0.5, 0.6) is 0 Å². The van der Waals surface area contributed by atoms with Gasteiger partial charge in [-0.1, -0.05) is 6.92 Å². The molecule has 1 rings (SSSR count). The predicted octanol–water partition coefficient (Wildman–Crippen LogP) is 3.52. The van der Waals surface area contributed by atoms with Gasteiger partial charge in [-0.3, -0.25) is 0 Å². The summed E-state index contributed by atoms with van der Waals surface area (Å²) in [5.74, 6) is 0. The Labute approximate surface area is 86.3 Å². The minimum Gasteiger partial charge on any atom is -0.123 e. The fraction of sp³-hybridized carbons (Fsp3) is 0.333. The summed E-state index contributed by atoms with van der Waals surface area (Å²) in [7, 11) is 0. The summed E-state index contributed by atoms with van der Waals surface area (Å²) in [5.41, 5.74) is 1.49. The smallest absolute Gasteiger partial charge is 0.0696 e. The van der Waals surface area contributed by atoms with Crippen LogP contribution in [-0.4, -0.2) is 0 Å². The van der Waals surface area contributed by atoms with Crippen molar-refractivity contribution in [2.24, 2.45) is 0 Å². The first-order valence-corrected chi connectivity index (χ1v) is 5.65. The lowest BCUT2D eigenvalue weighted by Gasteiger charge is -1.85. The van der Waals surface area contributed by atoms with E-state index in [9.17, 15) is 0 Å². The fourth-order valence-electron chi connectivity index (χ4n) is 0.615. The van der Waals surface area contributed by atoms with E-state index >= 15 is 0 Å². The van der Waals surface area contributed by atoms with Gasteiger partial charge in [-0.05, 0) is 63.2 Å². The zero-order chi connectivity index (χ0) is 6.85. The summed E-state index contributed by atoms with van der Waals surface area (Å²) >= 11 is 6.63. The molecule has 0 atom stereocenters. The first-order chi connectivity index (χ1) is 4.24. The van der Waals surface area contributed by atoms with Crippen LogP contribution in [0.1, 0.15) is 12.5 Å². The summed E-state index contributed by atoms with van der Waals surface area (Å²) in [4.78, 5) is 0. The molecule has 1 aromatic rings. The lowest BCUT2D eigenvalue weighted by Crippen LogP contribution is -1.73. The van der Waals surface area contributed by atoms with Crippen molar-refractivity contribution in [3.05, 3.63) is 17.4 Å². The van der Waals surface area contributed by atoms with E-state index in [1.54, 1.807) is 0 Å². The van der Waals surface area contributed by atoms with Crippen LogP contribution in [0.2, 0.25) is 0 Å². The van der Waals surface area contributed by atoms with Gasteiger partial charge in [0, 0.05) is 0 Å². The normalized spacial score (nSPS) is 10.1. The zero-order valence-corrected chi connectivity index (χ0v) is 10.1. The van der Waals surface area contributed by atoms with Gasteiger partial charge in [0.25, 0.3) is 0 Å². The number of halogens is 2. The van der Waals surface area contributed by atoms with Crippen molar-refractivity contribution in [3.8, 4) is 0 Å². The minimum absolute atomic E-state index is 1.16. The highest BCUT2D eigenvalue weighted by molar-refractivity contribution is 14.1. The van der Waals surface area contributed by atoms with Crippen LogP contribution in [-0.2, 0) is 6.42 Å². The molecule has 0 nitrogen and oxygen atoms in total. The molecule has 1 heterocycles. The highest BCUT2D eigenvalue weighted by Gasteiger charge is 2.00. The van der Waals surface area contributed by atoms with Crippen molar-refractivity contribution >= 4 is 56.5 Å². The van der Waals surface area contributed by atoms with Crippen LogP contribution < -0.4 is 0 Å². The highest BCUT2D eigenvalue weighted by Crippen LogP contribution is 2.25. The third-order valence-corrected chi connectivity index (χ3v) is 4.19. The average Bonchev–Trinajstić information content (AvgIpc) is 2.10. The van der Waals surface area contributed by atoms with Crippen molar-refractivity contribution in [3.63, 3.8) is 0 Å². The van der Waals surface area contributed by atoms with Crippen molar-refractivity contribution in [1.29, 1.82) is 0 Å². The quantitative estimate of drug-likeness (QED) is 0.670. The van der Waals surface area contributed by atoms with Gasteiger partial charge in [0.1, 0.15) is 0 Å². The Morgan fingerprint density at radius 1 is 1.56 bits per heavy atom. The van der Waals surface area contributed by atoms with E-state index < -0.39 is 0 Å². The van der Waals surface area contributed by atoms with Gasteiger partial charge in [-0.15, -0.1) is 11.3 Å². The molecule has 50 valence electrons. The van der Waals surface area contributed by atoms with Crippen LogP contribution in [0.15, 0.2) is 6.07 Å². The topological polar surface area (TPSA) is 0 Å². The van der Waals surface area contributed by atoms with Crippen LogP contribution >= 0.6 is 56.5 Å². The van der Waals surface area contributed by atoms with Gasteiger partial charge >= 0.3 is 0 Å². The Kier molecular flexibility index (Phi) is 3.23. The summed E-state index contributed by atoms with van der Waals surface area (Å²) in [6, 6.07) is 2.26. The average molecular weight is 364 g/mol. The number of rotatable bonds is 1. The molecule has 0 fully saturated rings. The monoisotopic (exact) mass is 364 g/mol.